The number of nitrogens with one attached hydrogen (secondary N) is 1. The number of benzene rings is 1. The number of piperidine rings is 1. The molecule has 3 rings (SSSR count). The van der Waals surface area contributed by atoms with Crippen molar-refractivity contribution in [2.24, 2.45) is 5.92 Å². The van der Waals surface area contributed by atoms with E-state index in [1.54, 1.807) is 30.2 Å². The van der Waals surface area contributed by atoms with Gasteiger partial charge in [-0.15, -0.1) is 10.2 Å². The zero-order chi connectivity index (χ0) is 19.9. The summed E-state index contributed by atoms with van der Waals surface area (Å²) >= 11 is 0. The van der Waals surface area contributed by atoms with Gasteiger partial charge < -0.3 is 19.7 Å². The molecule has 1 N–H and O–H groups in total. The van der Waals surface area contributed by atoms with Gasteiger partial charge in [0.05, 0.1) is 12.5 Å². The van der Waals surface area contributed by atoms with Crippen LogP contribution in [0, 0.1) is 5.92 Å². The van der Waals surface area contributed by atoms with Gasteiger partial charge in [-0.1, -0.05) is 30.3 Å². The smallest absolute Gasteiger partial charge is 0.319 e. The monoisotopic (exact) mass is 384 g/mol. The molecule has 28 heavy (non-hydrogen) atoms. The van der Waals surface area contributed by atoms with E-state index < -0.39 is 0 Å². The molecule has 1 aliphatic rings. The second-order valence-electron chi connectivity index (χ2n) is 7.36. The molecule has 0 aliphatic carbocycles. The Morgan fingerprint density at radius 3 is 2.79 bits per heavy atom. The number of hydrogen-bond donors (Lipinski definition) is 1. The van der Waals surface area contributed by atoms with Crippen LogP contribution in [0.25, 0.3) is 0 Å². The van der Waals surface area contributed by atoms with E-state index in [2.05, 4.69) is 27.6 Å². The fourth-order valence-corrected chi connectivity index (χ4v) is 3.46. The molecule has 3 amide bonds. The Bertz CT molecular complexity index is 789. The largest absolute Gasteiger partial charge is 0.348 e. The molecule has 0 radical (unpaired) electrons. The van der Waals surface area contributed by atoms with Crippen molar-refractivity contribution in [2.75, 3.05) is 27.2 Å². The Labute approximate surface area is 165 Å². The maximum absolute atomic E-state index is 12.6. The Kier molecular flexibility index (Phi) is 6.62. The summed E-state index contributed by atoms with van der Waals surface area (Å²) in [7, 11) is 3.46. The number of carbonyl (C=O) groups excluding carboxylic acids is 2. The van der Waals surface area contributed by atoms with Gasteiger partial charge in [0.25, 0.3) is 0 Å². The van der Waals surface area contributed by atoms with Crippen molar-refractivity contribution in [1.29, 1.82) is 0 Å². The second kappa shape index (κ2) is 9.34. The van der Waals surface area contributed by atoms with Gasteiger partial charge in [-0.3, -0.25) is 4.79 Å². The zero-order valence-corrected chi connectivity index (χ0v) is 16.5. The number of aryl methyl sites for hydroxylation is 2. The standard InChI is InChI=1S/C20H28N6O2/c1-24(2)20(28)25-11-6-9-17(14-25)19(27)21-13-18-23-22-15-26(18)12-10-16-7-4-3-5-8-16/h3-5,7-8,15,17H,6,9-14H2,1-2H3,(H,21,27). The average Bonchev–Trinajstić information content (AvgIpc) is 3.18. The van der Waals surface area contributed by atoms with E-state index in [4.69, 9.17) is 0 Å². The Morgan fingerprint density at radius 1 is 1.25 bits per heavy atom. The van der Waals surface area contributed by atoms with Crippen molar-refractivity contribution in [3.63, 3.8) is 0 Å². The number of hydrogen-bond acceptors (Lipinski definition) is 4. The number of carbonyl (C=O) groups is 2. The van der Waals surface area contributed by atoms with Gasteiger partial charge in [-0.2, -0.15) is 0 Å². The van der Waals surface area contributed by atoms with Crippen molar-refractivity contribution in [1.82, 2.24) is 29.9 Å². The molecule has 1 aromatic heterocycles. The first-order chi connectivity index (χ1) is 13.5. The van der Waals surface area contributed by atoms with Crippen molar-refractivity contribution < 1.29 is 9.59 Å². The van der Waals surface area contributed by atoms with Crippen molar-refractivity contribution in [3.8, 4) is 0 Å². The van der Waals surface area contributed by atoms with Crippen LogP contribution in [-0.2, 0) is 24.3 Å². The van der Waals surface area contributed by atoms with Crippen LogP contribution in [0.15, 0.2) is 36.7 Å². The van der Waals surface area contributed by atoms with Gasteiger partial charge >= 0.3 is 6.03 Å². The molecule has 1 saturated heterocycles. The van der Waals surface area contributed by atoms with Crippen LogP contribution < -0.4 is 5.32 Å². The molecule has 1 aromatic carbocycles. The molecule has 0 spiro atoms. The maximum atomic E-state index is 12.6. The number of nitrogens with zero attached hydrogens (tertiary/aromatic N) is 5. The molecule has 150 valence electrons. The molecule has 8 nitrogen and oxygen atoms in total. The van der Waals surface area contributed by atoms with Crippen LogP contribution in [0.1, 0.15) is 24.2 Å². The molecule has 1 aliphatic heterocycles. The van der Waals surface area contributed by atoms with E-state index in [0.29, 0.717) is 19.6 Å². The Morgan fingerprint density at radius 2 is 2.04 bits per heavy atom. The summed E-state index contributed by atoms with van der Waals surface area (Å²) < 4.78 is 1.97. The molecule has 2 heterocycles. The van der Waals surface area contributed by atoms with Crippen LogP contribution in [-0.4, -0.2) is 63.7 Å². The van der Waals surface area contributed by atoms with Crippen LogP contribution in [0.2, 0.25) is 0 Å². The van der Waals surface area contributed by atoms with E-state index in [1.165, 1.54) is 5.56 Å². The van der Waals surface area contributed by atoms with Crippen LogP contribution >= 0.6 is 0 Å². The lowest BCUT2D eigenvalue weighted by molar-refractivity contribution is -0.126. The first-order valence-corrected chi connectivity index (χ1v) is 9.69. The lowest BCUT2D eigenvalue weighted by Crippen LogP contribution is -2.48. The van der Waals surface area contributed by atoms with Gasteiger partial charge in [0, 0.05) is 33.7 Å². The third-order valence-electron chi connectivity index (χ3n) is 5.05. The summed E-state index contributed by atoms with van der Waals surface area (Å²) in [5, 5.41) is 11.1. The summed E-state index contributed by atoms with van der Waals surface area (Å²) in [5.41, 5.74) is 1.25. The minimum atomic E-state index is -0.182. The normalized spacial score (nSPS) is 16.6. The minimum absolute atomic E-state index is 0.0335. The first kappa shape index (κ1) is 19.9. The Balaban J connectivity index is 1.51. The van der Waals surface area contributed by atoms with Gasteiger partial charge in [0.15, 0.2) is 5.82 Å². The van der Waals surface area contributed by atoms with E-state index in [9.17, 15) is 9.59 Å². The average molecular weight is 384 g/mol. The van der Waals surface area contributed by atoms with E-state index >= 15 is 0 Å². The molecular formula is C20H28N6O2. The zero-order valence-electron chi connectivity index (χ0n) is 16.5. The van der Waals surface area contributed by atoms with Gasteiger partial charge in [-0.25, -0.2) is 4.79 Å². The fraction of sp³-hybridized carbons (Fsp3) is 0.500. The number of aromatic nitrogens is 3. The van der Waals surface area contributed by atoms with Gasteiger partial charge in [0.2, 0.25) is 5.91 Å². The van der Waals surface area contributed by atoms with Crippen LogP contribution in [0.5, 0.6) is 0 Å². The Hall–Kier alpha value is -2.90. The third kappa shape index (κ3) is 5.09. The first-order valence-electron chi connectivity index (χ1n) is 9.69. The van der Waals surface area contributed by atoms with E-state index in [0.717, 1.165) is 31.6 Å². The summed E-state index contributed by atoms with van der Waals surface area (Å²) in [6.45, 7) is 2.26. The lowest BCUT2D eigenvalue weighted by Gasteiger charge is -2.33. The maximum Gasteiger partial charge on any atom is 0.319 e. The molecule has 1 unspecified atom stereocenters. The quantitative estimate of drug-likeness (QED) is 0.819. The van der Waals surface area contributed by atoms with E-state index in [1.807, 2.05) is 22.8 Å². The number of likely N-dealkylation sites (tertiary alicyclic amines) is 1. The highest BCUT2D eigenvalue weighted by Crippen LogP contribution is 2.17. The molecule has 1 atom stereocenters. The fourth-order valence-electron chi connectivity index (χ4n) is 3.46. The summed E-state index contributed by atoms with van der Waals surface area (Å²) in [4.78, 5) is 28.0. The van der Waals surface area contributed by atoms with E-state index in [-0.39, 0.29) is 17.9 Å². The summed E-state index contributed by atoms with van der Waals surface area (Å²) in [6.07, 6.45) is 4.21. The van der Waals surface area contributed by atoms with Crippen molar-refractivity contribution >= 4 is 11.9 Å². The number of amides is 3. The summed E-state index contributed by atoms with van der Waals surface area (Å²) in [5.74, 6) is 0.522. The van der Waals surface area contributed by atoms with Crippen molar-refractivity contribution in [2.45, 2.75) is 32.4 Å². The van der Waals surface area contributed by atoms with Gasteiger partial charge in [-0.05, 0) is 24.8 Å². The van der Waals surface area contributed by atoms with Crippen LogP contribution in [0.3, 0.4) is 0 Å². The lowest BCUT2D eigenvalue weighted by atomic mass is 9.97. The highest BCUT2D eigenvalue weighted by molar-refractivity contribution is 5.80. The SMILES string of the molecule is CN(C)C(=O)N1CCCC(C(=O)NCc2nncn2CCc2ccccc2)C1. The summed E-state index contributed by atoms with van der Waals surface area (Å²) in [6, 6.07) is 10.2. The minimum Gasteiger partial charge on any atom is -0.348 e. The second-order valence-corrected chi connectivity index (χ2v) is 7.36. The predicted molar refractivity (Wildman–Crippen MR) is 105 cm³/mol. The molecule has 0 saturated carbocycles. The third-order valence-corrected chi connectivity index (χ3v) is 5.05. The predicted octanol–water partition coefficient (Wildman–Crippen LogP) is 1.53. The van der Waals surface area contributed by atoms with Crippen LogP contribution in [0.4, 0.5) is 4.79 Å². The molecular weight excluding hydrogens is 356 g/mol. The molecule has 8 heteroatoms. The molecule has 1 fully saturated rings. The topological polar surface area (TPSA) is 83.4 Å². The molecule has 2 aromatic rings. The number of urea groups is 1. The highest BCUT2D eigenvalue weighted by atomic mass is 16.2. The van der Waals surface area contributed by atoms with Gasteiger partial charge in [0.1, 0.15) is 6.33 Å². The number of rotatable bonds is 6. The van der Waals surface area contributed by atoms with Crippen molar-refractivity contribution in [3.05, 3.63) is 48.0 Å². The molecule has 0 bridgehead atoms. The highest BCUT2D eigenvalue weighted by Gasteiger charge is 2.29.